The molecule has 0 saturated heterocycles. The van der Waals surface area contributed by atoms with E-state index in [1.807, 2.05) is 13.1 Å². The lowest BCUT2D eigenvalue weighted by Gasteiger charge is -2.15. The SMILES string of the molecule is CNCC(Cc1cccc(F)c1)Cc1cccs1. The third-order valence-electron chi connectivity index (χ3n) is 2.98. The molecule has 1 aromatic carbocycles. The Hall–Kier alpha value is -1.19. The Bertz CT molecular complexity index is 467. The molecule has 0 aliphatic carbocycles. The van der Waals surface area contributed by atoms with E-state index in [9.17, 15) is 4.39 Å². The summed E-state index contributed by atoms with van der Waals surface area (Å²) in [7, 11) is 1.97. The summed E-state index contributed by atoms with van der Waals surface area (Å²) in [5.41, 5.74) is 1.08. The van der Waals surface area contributed by atoms with Gasteiger partial charge in [0.1, 0.15) is 5.82 Å². The summed E-state index contributed by atoms with van der Waals surface area (Å²) in [5, 5.41) is 5.33. The minimum Gasteiger partial charge on any atom is -0.319 e. The molecule has 0 aliphatic rings. The van der Waals surface area contributed by atoms with Crippen LogP contribution in [0.15, 0.2) is 41.8 Å². The number of rotatable bonds is 6. The van der Waals surface area contributed by atoms with Crippen molar-refractivity contribution in [2.24, 2.45) is 5.92 Å². The van der Waals surface area contributed by atoms with Gasteiger partial charge in [-0.3, -0.25) is 0 Å². The molecular formula is C15H18FNS. The Balaban J connectivity index is 2.01. The predicted octanol–water partition coefficient (Wildman–Crippen LogP) is 3.51. The van der Waals surface area contributed by atoms with Crippen molar-refractivity contribution < 1.29 is 4.39 Å². The topological polar surface area (TPSA) is 12.0 Å². The maximum absolute atomic E-state index is 13.2. The molecule has 0 bridgehead atoms. The molecule has 96 valence electrons. The molecule has 18 heavy (non-hydrogen) atoms. The Kier molecular flexibility index (Phi) is 4.90. The van der Waals surface area contributed by atoms with Gasteiger partial charge in [0.25, 0.3) is 0 Å². The van der Waals surface area contributed by atoms with E-state index < -0.39 is 0 Å². The smallest absolute Gasteiger partial charge is 0.123 e. The molecule has 2 rings (SSSR count). The Morgan fingerprint density at radius 3 is 2.78 bits per heavy atom. The number of nitrogens with one attached hydrogen (secondary N) is 1. The van der Waals surface area contributed by atoms with Crippen molar-refractivity contribution in [1.82, 2.24) is 5.32 Å². The highest BCUT2D eigenvalue weighted by Gasteiger charge is 2.11. The van der Waals surface area contributed by atoms with E-state index in [1.165, 1.54) is 10.9 Å². The number of hydrogen-bond acceptors (Lipinski definition) is 2. The van der Waals surface area contributed by atoms with E-state index in [0.29, 0.717) is 5.92 Å². The van der Waals surface area contributed by atoms with E-state index in [0.717, 1.165) is 24.9 Å². The first kappa shape index (κ1) is 13.2. The van der Waals surface area contributed by atoms with Gasteiger partial charge in [-0.1, -0.05) is 18.2 Å². The van der Waals surface area contributed by atoms with Crippen LogP contribution in [-0.4, -0.2) is 13.6 Å². The van der Waals surface area contributed by atoms with Crippen molar-refractivity contribution in [1.29, 1.82) is 0 Å². The summed E-state index contributed by atoms with van der Waals surface area (Å²) < 4.78 is 13.2. The molecule has 1 atom stereocenters. The van der Waals surface area contributed by atoms with Crippen molar-refractivity contribution in [2.45, 2.75) is 12.8 Å². The van der Waals surface area contributed by atoms with Crippen LogP contribution in [0.25, 0.3) is 0 Å². The van der Waals surface area contributed by atoms with Gasteiger partial charge < -0.3 is 5.32 Å². The van der Waals surface area contributed by atoms with Crippen LogP contribution in [0.4, 0.5) is 4.39 Å². The number of benzene rings is 1. The molecule has 1 heterocycles. The fourth-order valence-electron chi connectivity index (χ4n) is 2.22. The largest absolute Gasteiger partial charge is 0.319 e. The fraction of sp³-hybridized carbons (Fsp3) is 0.333. The summed E-state index contributed by atoms with van der Waals surface area (Å²) in [6, 6.07) is 11.2. The molecule has 0 fully saturated rings. The number of hydrogen-bond donors (Lipinski definition) is 1. The van der Waals surface area contributed by atoms with E-state index in [4.69, 9.17) is 0 Å². The summed E-state index contributed by atoms with van der Waals surface area (Å²) in [6.45, 7) is 0.953. The molecular weight excluding hydrogens is 245 g/mol. The highest BCUT2D eigenvalue weighted by molar-refractivity contribution is 7.09. The highest BCUT2D eigenvalue weighted by Crippen LogP contribution is 2.18. The molecule has 0 saturated carbocycles. The second-order valence-electron chi connectivity index (χ2n) is 4.54. The Labute approximate surface area is 112 Å². The zero-order valence-electron chi connectivity index (χ0n) is 10.5. The summed E-state index contributed by atoms with van der Waals surface area (Å²) in [4.78, 5) is 1.40. The maximum Gasteiger partial charge on any atom is 0.123 e. The average molecular weight is 263 g/mol. The van der Waals surface area contributed by atoms with Crippen LogP contribution in [0.2, 0.25) is 0 Å². The fourth-order valence-corrected chi connectivity index (χ4v) is 3.04. The second kappa shape index (κ2) is 6.66. The van der Waals surface area contributed by atoms with Crippen molar-refractivity contribution in [2.75, 3.05) is 13.6 Å². The van der Waals surface area contributed by atoms with Crippen LogP contribution >= 0.6 is 11.3 Å². The van der Waals surface area contributed by atoms with Gasteiger partial charge in [-0.2, -0.15) is 0 Å². The molecule has 1 unspecified atom stereocenters. The second-order valence-corrected chi connectivity index (χ2v) is 5.57. The van der Waals surface area contributed by atoms with Gasteiger partial charge in [-0.15, -0.1) is 11.3 Å². The van der Waals surface area contributed by atoms with Gasteiger partial charge in [0, 0.05) is 4.88 Å². The summed E-state index contributed by atoms with van der Waals surface area (Å²) in [5.74, 6) is 0.363. The molecule has 0 spiro atoms. The van der Waals surface area contributed by atoms with Crippen molar-refractivity contribution in [3.05, 3.63) is 58.0 Å². The van der Waals surface area contributed by atoms with Crippen LogP contribution in [-0.2, 0) is 12.8 Å². The quantitative estimate of drug-likeness (QED) is 0.841. The molecule has 0 radical (unpaired) electrons. The maximum atomic E-state index is 13.2. The van der Waals surface area contributed by atoms with Gasteiger partial charge in [0.15, 0.2) is 0 Å². The van der Waals surface area contributed by atoms with Gasteiger partial charge >= 0.3 is 0 Å². The monoisotopic (exact) mass is 263 g/mol. The van der Waals surface area contributed by atoms with Gasteiger partial charge in [0.2, 0.25) is 0 Å². The van der Waals surface area contributed by atoms with Crippen LogP contribution in [0.5, 0.6) is 0 Å². The van der Waals surface area contributed by atoms with Crippen molar-refractivity contribution in [3.8, 4) is 0 Å². The van der Waals surface area contributed by atoms with E-state index in [-0.39, 0.29) is 5.82 Å². The lowest BCUT2D eigenvalue weighted by molar-refractivity contribution is 0.495. The zero-order chi connectivity index (χ0) is 12.8. The van der Waals surface area contributed by atoms with Crippen LogP contribution in [0.3, 0.4) is 0 Å². The minimum atomic E-state index is -0.146. The van der Waals surface area contributed by atoms with E-state index in [2.05, 4.69) is 22.8 Å². The van der Waals surface area contributed by atoms with E-state index in [1.54, 1.807) is 23.5 Å². The van der Waals surface area contributed by atoms with Crippen molar-refractivity contribution in [3.63, 3.8) is 0 Å². The van der Waals surface area contributed by atoms with Gasteiger partial charge in [0.05, 0.1) is 0 Å². The van der Waals surface area contributed by atoms with Crippen LogP contribution < -0.4 is 5.32 Å². The first-order valence-corrected chi connectivity index (χ1v) is 7.07. The standard InChI is InChI=1S/C15H18FNS/c1-17-11-13(10-15-6-3-7-18-15)8-12-4-2-5-14(16)9-12/h2-7,9,13,17H,8,10-11H2,1H3. The van der Waals surface area contributed by atoms with Crippen LogP contribution in [0.1, 0.15) is 10.4 Å². The minimum absolute atomic E-state index is 0.146. The molecule has 0 aliphatic heterocycles. The molecule has 2 aromatic rings. The predicted molar refractivity (Wildman–Crippen MR) is 75.5 cm³/mol. The number of halogens is 1. The molecule has 1 nitrogen and oxygen atoms in total. The van der Waals surface area contributed by atoms with Crippen LogP contribution in [0, 0.1) is 11.7 Å². The molecule has 1 aromatic heterocycles. The number of thiophene rings is 1. The molecule has 1 N–H and O–H groups in total. The van der Waals surface area contributed by atoms with Crippen molar-refractivity contribution >= 4 is 11.3 Å². The van der Waals surface area contributed by atoms with Gasteiger partial charge in [-0.25, -0.2) is 4.39 Å². The third-order valence-corrected chi connectivity index (χ3v) is 3.87. The normalized spacial score (nSPS) is 12.6. The zero-order valence-corrected chi connectivity index (χ0v) is 11.3. The third kappa shape index (κ3) is 3.93. The van der Waals surface area contributed by atoms with E-state index >= 15 is 0 Å². The van der Waals surface area contributed by atoms with Gasteiger partial charge in [-0.05, 0) is 61.5 Å². The summed E-state index contributed by atoms with van der Waals surface area (Å²) >= 11 is 1.79. The summed E-state index contributed by atoms with van der Waals surface area (Å²) in [6.07, 6.45) is 1.96. The molecule has 0 amide bonds. The highest BCUT2D eigenvalue weighted by atomic mass is 32.1. The first-order valence-electron chi connectivity index (χ1n) is 6.19. The average Bonchev–Trinajstić information content (AvgIpc) is 2.82. The Morgan fingerprint density at radius 2 is 2.11 bits per heavy atom. The lowest BCUT2D eigenvalue weighted by atomic mass is 9.95. The molecule has 3 heteroatoms. The Morgan fingerprint density at radius 1 is 1.22 bits per heavy atom. The first-order chi connectivity index (χ1) is 8.78. The lowest BCUT2D eigenvalue weighted by Crippen LogP contribution is -2.22.